The largest absolute Gasteiger partial charge is 2.00 e. The minimum Gasteiger partial charge on any atom is -0.550 e. The molecule has 0 fully saturated rings. The van der Waals surface area contributed by atoms with E-state index in [1.807, 2.05) is 60.7 Å². The van der Waals surface area contributed by atoms with Crippen LogP contribution in [-0.4, -0.2) is 60.6 Å². The third-order valence-corrected chi connectivity index (χ3v) is 5.38. The maximum absolute atomic E-state index is 10.8. The predicted molar refractivity (Wildman–Crippen MR) is 146 cm³/mol. The average Bonchev–Trinajstić information content (AvgIpc) is 2.89. The fourth-order valence-corrected chi connectivity index (χ4v) is 3.22. The van der Waals surface area contributed by atoms with Crippen LogP contribution in [0, 0.1) is 0 Å². The van der Waals surface area contributed by atoms with Crippen LogP contribution in [0.2, 0.25) is 0 Å². The van der Waals surface area contributed by atoms with Crippen LogP contribution in [0.4, 0.5) is 0 Å². The summed E-state index contributed by atoms with van der Waals surface area (Å²) < 4.78 is 11.3. The van der Waals surface area contributed by atoms with E-state index < -0.39 is 23.8 Å². The molecule has 0 radical (unpaired) electrons. The monoisotopic (exact) mass is 558 g/mol. The average molecular weight is 559 g/mol. The Morgan fingerprint density at radius 2 is 0.846 bits per heavy atom. The molecule has 0 unspecified atom stereocenters. The van der Waals surface area contributed by atoms with Gasteiger partial charge in [-0.2, -0.15) is 0 Å². The molecule has 0 saturated carbocycles. The summed E-state index contributed by atoms with van der Waals surface area (Å²) in [5.74, 6) is -0.808. The first-order valence-corrected chi connectivity index (χ1v) is 11.4. The van der Waals surface area contributed by atoms with Gasteiger partial charge in [-0.15, -0.1) is 0 Å². The molecule has 0 aliphatic carbocycles. The molecule has 2 atom stereocenters. The molecule has 4 rings (SSSR count). The topological polar surface area (TPSA) is 162 Å². The minimum atomic E-state index is -1.09. The molecule has 0 aromatic heterocycles. The van der Waals surface area contributed by atoms with Crippen molar-refractivity contribution in [2.45, 2.75) is 25.7 Å². The van der Waals surface area contributed by atoms with E-state index in [-0.39, 0.29) is 48.7 Å². The zero-order valence-electron chi connectivity index (χ0n) is 21.7. The van der Waals surface area contributed by atoms with E-state index in [1.54, 1.807) is 62.4 Å². The first-order chi connectivity index (χ1) is 17.3. The summed E-state index contributed by atoms with van der Waals surface area (Å²) in [7, 11) is 0. The van der Waals surface area contributed by atoms with Gasteiger partial charge in [0, 0.05) is 23.8 Å². The molecular formula is C30H30CaO8. The van der Waals surface area contributed by atoms with Gasteiger partial charge in [0.1, 0.15) is 23.0 Å². The second-order valence-electron chi connectivity index (χ2n) is 8.06. The number of para-hydroxylation sites is 2. The number of carbonyl (C=O) groups is 2. The van der Waals surface area contributed by atoms with Gasteiger partial charge in [0.05, 0.1) is 0 Å². The van der Waals surface area contributed by atoms with E-state index in [2.05, 4.69) is 0 Å². The molecule has 0 aliphatic rings. The van der Waals surface area contributed by atoms with Crippen molar-refractivity contribution in [1.82, 2.24) is 0 Å². The fourth-order valence-electron chi connectivity index (χ4n) is 3.22. The van der Waals surface area contributed by atoms with Crippen LogP contribution < -0.4 is 19.7 Å². The quantitative estimate of drug-likeness (QED) is 0.302. The van der Waals surface area contributed by atoms with Crippen molar-refractivity contribution >= 4 is 49.7 Å². The molecule has 4 N–H and O–H groups in total. The summed E-state index contributed by atoms with van der Waals surface area (Å²) in [5.41, 5.74) is 1.34. The van der Waals surface area contributed by atoms with Gasteiger partial charge >= 0.3 is 37.7 Å². The number of ether oxygens (including phenoxy) is 2. The molecule has 0 heterocycles. The molecule has 39 heavy (non-hydrogen) atoms. The van der Waals surface area contributed by atoms with Crippen molar-refractivity contribution in [1.29, 1.82) is 0 Å². The number of benzene rings is 4. The van der Waals surface area contributed by atoms with Crippen LogP contribution in [0.5, 0.6) is 23.0 Å². The maximum atomic E-state index is 10.8. The van der Waals surface area contributed by atoms with Crippen LogP contribution in [0.3, 0.4) is 0 Å². The van der Waals surface area contributed by atoms with E-state index in [9.17, 15) is 19.8 Å². The first kappa shape index (κ1) is 35.6. The van der Waals surface area contributed by atoms with E-state index in [0.717, 1.165) is 11.5 Å². The molecule has 0 aliphatic heterocycles. The molecule has 4 aromatic carbocycles. The van der Waals surface area contributed by atoms with E-state index in [4.69, 9.17) is 9.47 Å². The Kier molecular flexibility index (Phi) is 16.4. The Hall–Kier alpha value is -3.40. The van der Waals surface area contributed by atoms with Crippen molar-refractivity contribution in [2.24, 2.45) is 0 Å². The van der Waals surface area contributed by atoms with Crippen molar-refractivity contribution in [3.8, 4) is 23.0 Å². The van der Waals surface area contributed by atoms with Gasteiger partial charge in [-0.1, -0.05) is 74.5 Å². The summed E-state index contributed by atoms with van der Waals surface area (Å²) in [6, 6.07) is 32.7. The summed E-state index contributed by atoms with van der Waals surface area (Å²) >= 11 is 0. The summed E-state index contributed by atoms with van der Waals surface area (Å²) in [5, 5.41) is 21.6. The normalized spacial score (nSPS) is 10.9. The van der Waals surface area contributed by atoms with Crippen LogP contribution in [-0.2, 0) is 9.59 Å². The Labute approximate surface area is 257 Å². The second kappa shape index (κ2) is 18.0. The number of carbonyl (C=O) groups excluding carboxylic acids is 2. The van der Waals surface area contributed by atoms with Gasteiger partial charge < -0.3 is 40.2 Å². The Bertz CT molecular complexity index is 1180. The predicted octanol–water partition coefficient (Wildman–Crippen LogP) is 2.63. The number of hydrogen-bond donors (Lipinski definition) is 0. The number of hydrogen-bond acceptors (Lipinski definition) is 6. The van der Waals surface area contributed by atoms with Crippen LogP contribution in [0.15, 0.2) is 109 Å². The molecular weight excluding hydrogens is 528 g/mol. The minimum absolute atomic E-state index is 0. The summed E-state index contributed by atoms with van der Waals surface area (Å²) in [6.07, 6.45) is 0. The first-order valence-electron chi connectivity index (χ1n) is 11.4. The van der Waals surface area contributed by atoms with E-state index >= 15 is 0 Å². The third-order valence-electron chi connectivity index (χ3n) is 5.38. The molecule has 4 aromatic rings. The number of carboxylic acids is 2. The number of carboxylic acid groups (broad SMARTS) is 2. The van der Waals surface area contributed by atoms with Crippen molar-refractivity contribution in [2.75, 3.05) is 0 Å². The van der Waals surface area contributed by atoms with Crippen LogP contribution in [0.1, 0.15) is 36.8 Å². The Morgan fingerprint density at radius 3 is 1.15 bits per heavy atom. The summed E-state index contributed by atoms with van der Waals surface area (Å²) in [4.78, 5) is 21.6. The fraction of sp³-hybridized carbons (Fsp3) is 0.133. The summed E-state index contributed by atoms with van der Waals surface area (Å²) in [6.45, 7) is 3.19. The Morgan fingerprint density at radius 1 is 0.538 bits per heavy atom. The zero-order chi connectivity index (χ0) is 25.9. The van der Waals surface area contributed by atoms with Crippen LogP contribution >= 0.6 is 0 Å². The molecule has 0 bridgehead atoms. The standard InChI is InChI=1S/2C15H14O3.Ca.2H2O/c2*1-11(15(16)17)12-6-5-9-14(10-12)18-13-7-3-2-4-8-13;;;/h2*2-11H,1H3,(H,16,17);;2*1H2/q;;+2;;/p-2/t2*11-;;;/m00.../s1. The molecule has 0 spiro atoms. The van der Waals surface area contributed by atoms with Gasteiger partial charge in [0.2, 0.25) is 0 Å². The van der Waals surface area contributed by atoms with Crippen molar-refractivity contribution in [3.63, 3.8) is 0 Å². The van der Waals surface area contributed by atoms with Gasteiger partial charge in [0.25, 0.3) is 0 Å². The van der Waals surface area contributed by atoms with Crippen molar-refractivity contribution in [3.05, 3.63) is 120 Å². The van der Waals surface area contributed by atoms with Gasteiger partial charge in [-0.25, -0.2) is 0 Å². The van der Waals surface area contributed by atoms with E-state index in [0.29, 0.717) is 22.6 Å². The SMILES string of the molecule is C[C@H](C(=O)[O-])c1cccc(Oc2ccccc2)c1.C[C@H](C(=O)[O-])c1cccc(Oc2ccccc2)c1.O.O.[Ca+2]. The maximum Gasteiger partial charge on any atom is 2.00 e. The molecule has 0 amide bonds. The molecule has 8 nitrogen and oxygen atoms in total. The van der Waals surface area contributed by atoms with Crippen molar-refractivity contribution < 1.29 is 40.2 Å². The molecule has 200 valence electrons. The number of rotatable bonds is 8. The van der Waals surface area contributed by atoms with Gasteiger partial charge in [-0.05, 0) is 59.7 Å². The van der Waals surface area contributed by atoms with Gasteiger partial charge in [0.15, 0.2) is 0 Å². The molecule has 9 heteroatoms. The van der Waals surface area contributed by atoms with Crippen LogP contribution in [0.25, 0.3) is 0 Å². The smallest absolute Gasteiger partial charge is 0.550 e. The zero-order valence-corrected chi connectivity index (χ0v) is 23.9. The van der Waals surface area contributed by atoms with E-state index in [1.165, 1.54) is 0 Å². The second-order valence-corrected chi connectivity index (χ2v) is 8.06. The molecule has 0 saturated heterocycles. The third kappa shape index (κ3) is 11.5. The van der Waals surface area contributed by atoms with Gasteiger partial charge in [-0.3, -0.25) is 0 Å². The number of aliphatic carboxylic acids is 2. The Balaban J connectivity index is 0.000000688.